The van der Waals surface area contributed by atoms with E-state index in [-0.39, 0.29) is 0 Å². The molecule has 7 nitrogen and oxygen atoms in total. The molecule has 0 saturated carbocycles. The number of methoxy groups -OCH3 is 3. The van der Waals surface area contributed by atoms with Crippen LogP contribution in [-0.4, -0.2) is 47.0 Å². The van der Waals surface area contributed by atoms with E-state index in [9.17, 15) is 0 Å². The zero-order valence-electron chi connectivity index (χ0n) is 17.9. The topological polar surface area (TPSA) is 73.3 Å². The number of benzene rings is 2. The van der Waals surface area contributed by atoms with E-state index in [1.54, 1.807) is 21.3 Å². The molecule has 0 aliphatic heterocycles. The van der Waals surface area contributed by atoms with Crippen molar-refractivity contribution in [2.24, 2.45) is 4.99 Å². The molecule has 0 aliphatic rings. The van der Waals surface area contributed by atoms with Gasteiger partial charge >= 0.3 is 0 Å². The Morgan fingerprint density at radius 3 is 2.14 bits per heavy atom. The molecule has 2 aromatic rings. The molecule has 0 heterocycles. The standard InChI is InChI=1S/C22H31N3O4/c1-6-23-22(24-11-12-29-18-9-7-16(2)8-10-18)25-15-17-13-19(26-3)21(28-5)20(14-17)27-4/h7-10,13-14H,6,11-12,15H2,1-5H3,(H2,23,24,25). The Morgan fingerprint density at radius 2 is 1.59 bits per heavy atom. The summed E-state index contributed by atoms with van der Waals surface area (Å²) >= 11 is 0. The average molecular weight is 402 g/mol. The van der Waals surface area contributed by atoms with Crippen LogP contribution in [-0.2, 0) is 6.54 Å². The molecule has 7 heteroatoms. The van der Waals surface area contributed by atoms with Crippen molar-refractivity contribution in [2.45, 2.75) is 20.4 Å². The summed E-state index contributed by atoms with van der Waals surface area (Å²) in [6.45, 7) is 6.48. The summed E-state index contributed by atoms with van der Waals surface area (Å²) < 4.78 is 21.9. The van der Waals surface area contributed by atoms with Crippen molar-refractivity contribution in [3.05, 3.63) is 47.5 Å². The first-order valence-corrected chi connectivity index (χ1v) is 9.61. The van der Waals surface area contributed by atoms with Crippen molar-refractivity contribution < 1.29 is 18.9 Å². The minimum absolute atomic E-state index is 0.463. The van der Waals surface area contributed by atoms with Gasteiger partial charge < -0.3 is 29.6 Å². The highest BCUT2D eigenvalue weighted by molar-refractivity contribution is 5.79. The number of aliphatic imine (C=N–C) groups is 1. The van der Waals surface area contributed by atoms with E-state index in [1.165, 1.54) is 5.56 Å². The number of nitrogens with zero attached hydrogens (tertiary/aromatic N) is 1. The highest BCUT2D eigenvalue weighted by Gasteiger charge is 2.13. The maximum absolute atomic E-state index is 5.75. The van der Waals surface area contributed by atoms with Gasteiger partial charge in [-0.15, -0.1) is 0 Å². The van der Waals surface area contributed by atoms with Crippen LogP contribution in [0.5, 0.6) is 23.0 Å². The van der Waals surface area contributed by atoms with Crippen LogP contribution >= 0.6 is 0 Å². The lowest BCUT2D eigenvalue weighted by Gasteiger charge is -2.14. The largest absolute Gasteiger partial charge is 0.493 e. The Balaban J connectivity index is 1.96. The monoisotopic (exact) mass is 401 g/mol. The first-order chi connectivity index (χ1) is 14.1. The Kier molecular flexibility index (Phi) is 8.95. The van der Waals surface area contributed by atoms with Crippen molar-refractivity contribution in [3.63, 3.8) is 0 Å². The van der Waals surface area contributed by atoms with Gasteiger partial charge in [-0.1, -0.05) is 17.7 Å². The number of guanidine groups is 1. The normalized spacial score (nSPS) is 11.0. The summed E-state index contributed by atoms with van der Waals surface area (Å²) in [5.74, 6) is 3.37. The highest BCUT2D eigenvalue weighted by atomic mass is 16.5. The molecule has 0 unspecified atom stereocenters. The third-order valence-corrected chi connectivity index (χ3v) is 4.17. The van der Waals surface area contributed by atoms with Gasteiger partial charge in [0.1, 0.15) is 12.4 Å². The van der Waals surface area contributed by atoms with E-state index in [0.29, 0.717) is 42.9 Å². The minimum atomic E-state index is 0.463. The van der Waals surface area contributed by atoms with E-state index in [2.05, 4.69) is 22.5 Å². The Bertz CT molecular complexity index is 766. The molecule has 0 bridgehead atoms. The molecule has 2 rings (SSSR count). The number of hydrogen-bond donors (Lipinski definition) is 2. The fourth-order valence-corrected chi connectivity index (χ4v) is 2.71. The molecule has 0 atom stereocenters. The summed E-state index contributed by atoms with van der Waals surface area (Å²) in [6, 6.07) is 11.8. The van der Waals surface area contributed by atoms with E-state index < -0.39 is 0 Å². The fourth-order valence-electron chi connectivity index (χ4n) is 2.71. The van der Waals surface area contributed by atoms with Crippen LogP contribution in [0.4, 0.5) is 0 Å². The lowest BCUT2D eigenvalue weighted by Crippen LogP contribution is -2.39. The number of nitrogens with one attached hydrogen (secondary N) is 2. The average Bonchev–Trinajstić information content (AvgIpc) is 2.75. The third-order valence-electron chi connectivity index (χ3n) is 4.17. The van der Waals surface area contributed by atoms with Gasteiger partial charge in [-0.2, -0.15) is 0 Å². The molecule has 0 fully saturated rings. The molecule has 0 saturated heterocycles. The van der Waals surface area contributed by atoms with E-state index in [1.807, 2.05) is 43.3 Å². The van der Waals surface area contributed by atoms with Crippen LogP contribution in [0.25, 0.3) is 0 Å². The second-order valence-corrected chi connectivity index (χ2v) is 6.32. The second-order valence-electron chi connectivity index (χ2n) is 6.32. The van der Waals surface area contributed by atoms with Crippen molar-refractivity contribution in [1.29, 1.82) is 0 Å². The van der Waals surface area contributed by atoms with Gasteiger partial charge in [0.15, 0.2) is 17.5 Å². The van der Waals surface area contributed by atoms with Gasteiger partial charge in [0, 0.05) is 6.54 Å². The molecular weight excluding hydrogens is 370 g/mol. The lowest BCUT2D eigenvalue weighted by molar-refractivity contribution is 0.322. The van der Waals surface area contributed by atoms with Crippen LogP contribution in [0.1, 0.15) is 18.1 Å². The molecular formula is C22H31N3O4. The summed E-state index contributed by atoms with van der Waals surface area (Å²) in [5.41, 5.74) is 2.16. The van der Waals surface area contributed by atoms with Gasteiger partial charge in [-0.05, 0) is 43.7 Å². The van der Waals surface area contributed by atoms with E-state index >= 15 is 0 Å². The Hall–Kier alpha value is -3.09. The molecule has 0 aromatic heterocycles. The van der Waals surface area contributed by atoms with Crippen LogP contribution < -0.4 is 29.6 Å². The first kappa shape index (κ1) is 22.2. The second kappa shape index (κ2) is 11.7. The predicted octanol–water partition coefficient (Wildman–Crippen LogP) is 3.15. The quantitative estimate of drug-likeness (QED) is 0.362. The fraction of sp³-hybridized carbons (Fsp3) is 0.409. The molecule has 0 aliphatic carbocycles. The van der Waals surface area contributed by atoms with Crippen LogP contribution in [0.15, 0.2) is 41.4 Å². The van der Waals surface area contributed by atoms with Gasteiger partial charge in [0.05, 0.1) is 34.4 Å². The molecule has 2 N–H and O–H groups in total. The highest BCUT2D eigenvalue weighted by Crippen LogP contribution is 2.38. The Labute approximate surface area is 173 Å². The molecule has 0 spiro atoms. The lowest BCUT2D eigenvalue weighted by atomic mass is 10.2. The number of ether oxygens (including phenoxy) is 4. The SMILES string of the molecule is CCNC(=NCc1cc(OC)c(OC)c(OC)c1)NCCOc1ccc(C)cc1. The van der Waals surface area contributed by atoms with Gasteiger partial charge in [0.2, 0.25) is 5.75 Å². The van der Waals surface area contributed by atoms with Gasteiger partial charge in [0.25, 0.3) is 0 Å². The molecule has 2 aromatic carbocycles. The zero-order valence-corrected chi connectivity index (χ0v) is 17.9. The summed E-state index contributed by atoms with van der Waals surface area (Å²) in [6.07, 6.45) is 0. The van der Waals surface area contributed by atoms with E-state index in [4.69, 9.17) is 18.9 Å². The third kappa shape index (κ3) is 6.78. The van der Waals surface area contributed by atoms with Crippen molar-refractivity contribution in [2.75, 3.05) is 41.0 Å². The maximum Gasteiger partial charge on any atom is 0.203 e. The molecule has 158 valence electrons. The number of hydrogen-bond acceptors (Lipinski definition) is 5. The van der Waals surface area contributed by atoms with Crippen LogP contribution in [0.3, 0.4) is 0 Å². The molecule has 29 heavy (non-hydrogen) atoms. The first-order valence-electron chi connectivity index (χ1n) is 9.61. The van der Waals surface area contributed by atoms with Gasteiger partial charge in [-0.25, -0.2) is 4.99 Å². The minimum Gasteiger partial charge on any atom is -0.493 e. The van der Waals surface area contributed by atoms with Crippen LogP contribution in [0.2, 0.25) is 0 Å². The van der Waals surface area contributed by atoms with Gasteiger partial charge in [-0.3, -0.25) is 0 Å². The smallest absolute Gasteiger partial charge is 0.203 e. The zero-order chi connectivity index (χ0) is 21.1. The van der Waals surface area contributed by atoms with Crippen molar-refractivity contribution >= 4 is 5.96 Å². The number of aryl methyl sites for hydroxylation is 1. The van der Waals surface area contributed by atoms with Crippen LogP contribution in [0, 0.1) is 6.92 Å². The number of rotatable bonds is 10. The summed E-state index contributed by atoms with van der Waals surface area (Å²) in [7, 11) is 4.79. The van der Waals surface area contributed by atoms with Crippen molar-refractivity contribution in [3.8, 4) is 23.0 Å². The molecule has 0 amide bonds. The van der Waals surface area contributed by atoms with E-state index in [0.717, 1.165) is 17.9 Å². The summed E-state index contributed by atoms with van der Waals surface area (Å²) in [5, 5.41) is 6.51. The molecule has 0 radical (unpaired) electrons. The summed E-state index contributed by atoms with van der Waals surface area (Å²) in [4.78, 5) is 4.63. The van der Waals surface area contributed by atoms with Crippen molar-refractivity contribution in [1.82, 2.24) is 10.6 Å². The maximum atomic E-state index is 5.75. The Morgan fingerprint density at radius 1 is 0.931 bits per heavy atom. The predicted molar refractivity (Wildman–Crippen MR) is 116 cm³/mol.